The number of aromatic nitrogens is 1. The van der Waals surface area contributed by atoms with E-state index >= 15 is 0 Å². The van der Waals surface area contributed by atoms with E-state index in [2.05, 4.69) is 11.9 Å². The summed E-state index contributed by atoms with van der Waals surface area (Å²) in [6.45, 7) is 4.10. The van der Waals surface area contributed by atoms with Crippen molar-refractivity contribution in [2.45, 2.75) is 44.9 Å². The molecule has 1 heterocycles. The lowest BCUT2D eigenvalue weighted by molar-refractivity contribution is 0.406. The average Bonchev–Trinajstić information content (AvgIpc) is 3.12. The molecule has 1 atom stereocenters. The first-order valence-electron chi connectivity index (χ1n) is 6.26. The maximum Gasteiger partial charge on any atom is 0.128 e. The minimum atomic E-state index is 0.323. The fraction of sp³-hybridized carbons (Fsp3) is 0.643. The van der Waals surface area contributed by atoms with Crippen molar-refractivity contribution in [2.24, 2.45) is 5.92 Å². The summed E-state index contributed by atoms with van der Waals surface area (Å²) in [5.74, 6) is 1.72. The monoisotopic (exact) mass is 253 g/mol. The number of rotatable bonds is 5. The van der Waals surface area contributed by atoms with Crippen molar-refractivity contribution in [2.75, 3.05) is 7.11 Å². The lowest BCUT2D eigenvalue weighted by Crippen LogP contribution is -2.06. The Morgan fingerprint density at radius 1 is 1.47 bits per heavy atom. The van der Waals surface area contributed by atoms with Crippen molar-refractivity contribution in [3.63, 3.8) is 0 Å². The molecular formula is C14H20ClNO. The maximum atomic E-state index is 6.33. The van der Waals surface area contributed by atoms with Gasteiger partial charge in [-0.3, -0.25) is 4.98 Å². The first-order chi connectivity index (χ1) is 8.13. The summed E-state index contributed by atoms with van der Waals surface area (Å²) in [6, 6.07) is 0. The number of nitrogens with zero attached hydrogens (tertiary/aromatic N) is 1. The highest BCUT2D eigenvalue weighted by atomic mass is 35.5. The lowest BCUT2D eigenvalue weighted by Gasteiger charge is -2.13. The van der Waals surface area contributed by atoms with Crippen LogP contribution in [-0.4, -0.2) is 17.5 Å². The Morgan fingerprint density at radius 2 is 2.18 bits per heavy atom. The van der Waals surface area contributed by atoms with Crippen molar-refractivity contribution >= 4 is 11.6 Å². The minimum Gasteiger partial charge on any atom is -0.496 e. The summed E-state index contributed by atoms with van der Waals surface area (Å²) in [5, 5.41) is 0.323. The molecule has 0 radical (unpaired) electrons. The Labute approximate surface area is 108 Å². The van der Waals surface area contributed by atoms with Crippen molar-refractivity contribution in [3.05, 3.63) is 23.0 Å². The maximum absolute atomic E-state index is 6.33. The molecule has 0 amide bonds. The molecule has 17 heavy (non-hydrogen) atoms. The highest BCUT2D eigenvalue weighted by Gasteiger charge is 2.29. The number of hydrogen-bond acceptors (Lipinski definition) is 2. The summed E-state index contributed by atoms with van der Waals surface area (Å²) >= 11 is 6.33. The standard InChI is InChI=1S/C14H20ClNO/c1-9-8-16-13(10(2)14(9)17-3)7-6-12(15)11-4-5-11/h8,11-12H,4-7H2,1-3H3. The first kappa shape index (κ1) is 12.7. The molecule has 1 aromatic rings. The number of halogens is 1. The molecular weight excluding hydrogens is 234 g/mol. The molecule has 2 rings (SSSR count). The van der Waals surface area contributed by atoms with Crippen LogP contribution in [-0.2, 0) is 6.42 Å². The van der Waals surface area contributed by atoms with Crippen molar-refractivity contribution < 1.29 is 4.74 Å². The van der Waals surface area contributed by atoms with Gasteiger partial charge in [-0.15, -0.1) is 11.6 Å². The third-order valence-corrected chi connectivity index (χ3v) is 4.11. The van der Waals surface area contributed by atoms with Crippen molar-refractivity contribution in [1.29, 1.82) is 0 Å². The molecule has 0 spiro atoms. The van der Waals surface area contributed by atoms with Crippen LogP contribution < -0.4 is 4.74 Å². The predicted octanol–water partition coefficient (Wildman–Crippen LogP) is 3.66. The molecule has 1 aromatic heterocycles. The zero-order valence-corrected chi connectivity index (χ0v) is 11.5. The van der Waals surface area contributed by atoms with Gasteiger partial charge in [0, 0.05) is 28.4 Å². The molecule has 1 aliphatic carbocycles. The topological polar surface area (TPSA) is 22.1 Å². The molecule has 3 heteroatoms. The number of hydrogen-bond donors (Lipinski definition) is 0. The van der Waals surface area contributed by atoms with Gasteiger partial charge in [0.05, 0.1) is 7.11 Å². The van der Waals surface area contributed by atoms with Crippen molar-refractivity contribution in [1.82, 2.24) is 4.98 Å². The first-order valence-corrected chi connectivity index (χ1v) is 6.70. The van der Waals surface area contributed by atoms with Gasteiger partial charge in [0.25, 0.3) is 0 Å². The van der Waals surface area contributed by atoms with Gasteiger partial charge in [-0.05, 0) is 45.4 Å². The summed E-state index contributed by atoms with van der Waals surface area (Å²) in [5.41, 5.74) is 3.38. The predicted molar refractivity (Wildman–Crippen MR) is 70.9 cm³/mol. The summed E-state index contributed by atoms with van der Waals surface area (Å²) < 4.78 is 5.41. The van der Waals surface area contributed by atoms with E-state index in [0.29, 0.717) is 5.38 Å². The summed E-state index contributed by atoms with van der Waals surface area (Å²) in [7, 11) is 1.72. The molecule has 2 nitrogen and oxygen atoms in total. The van der Waals surface area contributed by atoms with Gasteiger partial charge in [0.2, 0.25) is 0 Å². The van der Waals surface area contributed by atoms with E-state index in [1.54, 1.807) is 7.11 Å². The molecule has 1 saturated carbocycles. The Bertz CT molecular complexity index is 401. The van der Waals surface area contributed by atoms with Crippen LogP contribution in [0.5, 0.6) is 5.75 Å². The van der Waals surface area contributed by atoms with Gasteiger partial charge in [-0.25, -0.2) is 0 Å². The number of pyridine rings is 1. The van der Waals surface area contributed by atoms with Gasteiger partial charge in [-0.1, -0.05) is 0 Å². The third kappa shape index (κ3) is 2.92. The van der Waals surface area contributed by atoms with Gasteiger partial charge in [-0.2, -0.15) is 0 Å². The van der Waals surface area contributed by atoms with Crippen LogP contribution in [0.25, 0.3) is 0 Å². The van der Waals surface area contributed by atoms with Gasteiger partial charge in [0.15, 0.2) is 0 Å². The minimum absolute atomic E-state index is 0.323. The summed E-state index contributed by atoms with van der Waals surface area (Å²) in [6.07, 6.45) is 6.47. The zero-order chi connectivity index (χ0) is 12.4. The summed E-state index contributed by atoms with van der Waals surface area (Å²) in [4.78, 5) is 4.50. The fourth-order valence-corrected chi connectivity index (χ4v) is 2.65. The number of aryl methyl sites for hydroxylation is 2. The van der Waals surface area contributed by atoms with E-state index in [9.17, 15) is 0 Å². The molecule has 94 valence electrons. The van der Waals surface area contributed by atoms with Crippen LogP contribution in [0, 0.1) is 19.8 Å². The number of alkyl halides is 1. The van der Waals surface area contributed by atoms with E-state index < -0.39 is 0 Å². The highest BCUT2D eigenvalue weighted by Crippen LogP contribution is 2.38. The fourth-order valence-electron chi connectivity index (χ4n) is 2.29. The molecule has 0 saturated heterocycles. The van der Waals surface area contributed by atoms with Crippen LogP contribution in [0.15, 0.2) is 6.20 Å². The Kier molecular flexibility index (Phi) is 3.93. The van der Waals surface area contributed by atoms with E-state index in [1.165, 1.54) is 12.8 Å². The van der Waals surface area contributed by atoms with Crippen molar-refractivity contribution in [3.8, 4) is 5.75 Å². The second-order valence-electron chi connectivity index (χ2n) is 4.94. The quantitative estimate of drug-likeness (QED) is 0.748. The second-order valence-corrected chi connectivity index (χ2v) is 5.50. The smallest absolute Gasteiger partial charge is 0.128 e. The molecule has 0 bridgehead atoms. The van der Waals surface area contributed by atoms with Crippen LogP contribution in [0.1, 0.15) is 36.1 Å². The molecule has 1 aliphatic rings. The normalized spacial score (nSPS) is 16.9. The van der Waals surface area contributed by atoms with Crippen LogP contribution in [0.2, 0.25) is 0 Å². The van der Waals surface area contributed by atoms with Gasteiger partial charge < -0.3 is 4.74 Å². The van der Waals surface area contributed by atoms with Crippen LogP contribution in [0.3, 0.4) is 0 Å². The number of methoxy groups -OCH3 is 1. The van der Waals surface area contributed by atoms with E-state index in [1.807, 2.05) is 13.1 Å². The van der Waals surface area contributed by atoms with E-state index in [0.717, 1.165) is 41.3 Å². The SMILES string of the molecule is COc1c(C)cnc(CCC(Cl)C2CC2)c1C. The molecule has 1 fully saturated rings. The third-order valence-electron chi connectivity index (χ3n) is 3.54. The Balaban J connectivity index is 2.04. The van der Waals surface area contributed by atoms with Gasteiger partial charge in [0.1, 0.15) is 5.75 Å². The lowest BCUT2D eigenvalue weighted by atomic mass is 10.0. The second kappa shape index (κ2) is 5.26. The van der Waals surface area contributed by atoms with Crippen LogP contribution in [0.4, 0.5) is 0 Å². The van der Waals surface area contributed by atoms with Crippen LogP contribution >= 0.6 is 11.6 Å². The molecule has 0 N–H and O–H groups in total. The highest BCUT2D eigenvalue weighted by molar-refractivity contribution is 6.20. The average molecular weight is 254 g/mol. The Morgan fingerprint density at radius 3 is 2.76 bits per heavy atom. The van der Waals surface area contributed by atoms with E-state index in [-0.39, 0.29) is 0 Å². The number of ether oxygens (including phenoxy) is 1. The zero-order valence-electron chi connectivity index (χ0n) is 10.8. The molecule has 0 aromatic carbocycles. The largest absolute Gasteiger partial charge is 0.496 e. The van der Waals surface area contributed by atoms with Gasteiger partial charge >= 0.3 is 0 Å². The molecule has 0 aliphatic heterocycles. The Hall–Kier alpha value is -0.760. The van der Waals surface area contributed by atoms with E-state index in [4.69, 9.17) is 16.3 Å². The molecule has 1 unspecified atom stereocenters.